The van der Waals surface area contributed by atoms with Crippen molar-refractivity contribution in [3.05, 3.63) is 60.2 Å². The molecule has 0 saturated carbocycles. The number of hydrazine groups is 1. The summed E-state index contributed by atoms with van der Waals surface area (Å²) >= 11 is 0. The number of likely N-dealkylation sites (N-methyl/N-ethyl adjacent to an activating group) is 1. The third kappa shape index (κ3) is 5.75. The van der Waals surface area contributed by atoms with E-state index in [1.165, 1.54) is 0 Å². The Bertz CT molecular complexity index is 683. The molecule has 2 aromatic rings. The molecule has 0 unspecified atom stereocenters. The minimum atomic E-state index is -0.140. The van der Waals surface area contributed by atoms with E-state index in [-0.39, 0.29) is 12.5 Å². The summed E-state index contributed by atoms with van der Waals surface area (Å²) in [5, 5.41) is 1.94. The third-order valence-corrected chi connectivity index (χ3v) is 4.23. The SMILES string of the molecule is CN1CCN(NC(=O)COc2ccc(OCc3ccccc3)cc2)CC1. The normalized spacial score (nSPS) is 15.4. The lowest BCUT2D eigenvalue weighted by atomic mass is 10.2. The van der Waals surface area contributed by atoms with Gasteiger partial charge in [-0.1, -0.05) is 30.3 Å². The molecule has 1 heterocycles. The Morgan fingerprint density at radius 3 is 2.19 bits per heavy atom. The average Bonchev–Trinajstić information content (AvgIpc) is 2.68. The van der Waals surface area contributed by atoms with Crippen molar-refractivity contribution in [3.8, 4) is 11.5 Å². The number of piperazine rings is 1. The van der Waals surface area contributed by atoms with Gasteiger partial charge in [0.2, 0.25) is 0 Å². The minimum absolute atomic E-state index is 0.00341. The molecular weight excluding hydrogens is 330 g/mol. The lowest BCUT2D eigenvalue weighted by Gasteiger charge is -2.32. The molecule has 0 bridgehead atoms. The zero-order chi connectivity index (χ0) is 18.2. The molecule has 1 saturated heterocycles. The monoisotopic (exact) mass is 355 g/mol. The highest BCUT2D eigenvalue weighted by atomic mass is 16.5. The van der Waals surface area contributed by atoms with Crippen molar-refractivity contribution >= 4 is 5.91 Å². The van der Waals surface area contributed by atoms with Crippen molar-refractivity contribution in [3.63, 3.8) is 0 Å². The van der Waals surface area contributed by atoms with Crippen LogP contribution in [0.4, 0.5) is 0 Å². The number of hydrogen-bond donors (Lipinski definition) is 1. The van der Waals surface area contributed by atoms with Gasteiger partial charge in [0.15, 0.2) is 6.61 Å². The predicted octanol–water partition coefficient (Wildman–Crippen LogP) is 1.92. The summed E-state index contributed by atoms with van der Waals surface area (Å²) in [4.78, 5) is 14.2. The fourth-order valence-electron chi connectivity index (χ4n) is 2.65. The molecule has 0 radical (unpaired) electrons. The molecule has 138 valence electrons. The maximum atomic E-state index is 12.0. The van der Waals surface area contributed by atoms with Crippen molar-refractivity contribution < 1.29 is 14.3 Å². The molecule has 0 spiro atoms. The van der Waals surface area contributed by atoms with Gasteiger partial charge >= 0.3 is 0 Å². The van der Waals surface area contributed by atoms with Crippen molar-refractivity contribution in [2.45, 2.75) is 6.61 Å². The molecule has 0 aliphatic carbocycles. The predicted molar refractivity (Wildman–Crippen MR) is 99.9 cm³/mol. The van der Waals surface area contributed by atoms with Gasteiger partial charge in [-0.25, -0.2) is 5.01 Å². The fourth-order valence-corrected chi connectivity index (χ4v) is 2.65. The largest absolute Gasteiger partial charge is 0.489 e. The van der Waals surface area contributed by atoms with Crippen LogP contribution in [0.15, 0.2) is 54.6 Å². The maximum absolute atomic E-state index is 12.0. The lowest BCUT2D eigenvalue weighted by Crippen LogP contribution is -2.53. The van der Waals surface area contributed by atoms with Crippen molar-refractivity contribution in [2.75, 3.05) is 39.8 Å². The van der Waals surface area contributed by atoms with Crippen LogP contribution in [-0.2, 0) is 11.4 Å². The Labute approximate surface area is 154 Å². The second-order valence-corrected chi connectivity index (χ2v) is 6.36. The Kier molecular flexibility index (Phi) is 6.46. The van der Waals surface area contributed by atoms with E-state index in [0.29, 0.717) is 12.4 Å². The topological polar surface area (TPSA) is 54.0 Å². The third-order valence-electron chi connectivity index (χ3n) is 4.23. The van der Waals surface area contributed by atoms with Gasteiger partial charge in [0, 0.05) is 26.2 Å². The molecule has 3 rings (SSSR count). The molecule has 1 N–H and O–H groups in total. The van der Waals surface area contributed by atoms with Gasteiger partial charge < -0.3 is 14.4 Å². The average molecular weight is 355 g/mol. The fraction of sp³-hybridized carbons (Fsp3) is 0.350. The smallest absolute Gasteiger partial charge is 0.272 e. The van der Waals surface area contributed by atoms with Crippen LogP contribution in [0.5, 0.6) is 11.5 Å². The summed E-state index contributed by atoms with van der Waals surface area (Å²) in [6, 6.07) is 17.3. The Morgan fingerprint density at radius 2 is 1.54 bits per heavy atom. The second-order valence-electron chi connectivity index (χ2n) is 6.36. The standard InChI is InChI=1S/C20H25N3O3/c1-22-11-13-23(14-12-22)21-20(24)16-26-19-9-7-18(8-10-19)25-15-17-5-3-2-4-6-17/h2-10H,11-16H2,1H3,(H,21,24). The molecule has 6 heteroatoms. The summed E-state index contributed by atoms with van der Waals surface area (Å²) in [7, 11) is 2.08. The van der Waals surface area contributed by atoms with Crippen LogP contribution < -0.4 is 14.9 Å². The number of benzene rings is 2. The van der Waals surface area contributed by atoms with Gasteiger partial charge in [-0.05, 0) is 36.9 Å². The van der Waals surface area contributed by atoms with E-state index in [2.05, 4.69) is 17.4 Å². The molecule has 1 fully saturated rings. The van der Waals surface area contributed by atoms with Crippen molar-refractivity contribution in [1.82, 2.24) is 15.3 Å². The lowest BCUT2D eigenvalue weighted by molar-refractivity contribution is -0.128. The highest BCUT2D eigenvalue weighted by molar-refractivity contribution is 5.77. The summed E-state index contributed by atoms with van der Waals surface area (Å²) in [6.07, 6.45) is 0. The number of hydrogen-bond acceptors (Lipinski definition) is 5. The van der Waals surface area contributed by atoms with Gasteiger partial charge in [-0.2, -0.15) is 0 Å². The van der Waals surface area contributed by atoms with Gasteiger partial charge in [-0.3, -0.25) is 10.2 Å². The quantitative estimate of drug-likeness (QED) is 0.822. The van der Waals surface area contributed by atoms with Crippen LogP contribution in [0.25, 0.3) is 0 Å². The Hall–Kier alpha value is -2.57. The number of amides is 1. The zero-order valence-electron chi connectivity index (χ0n) is 15.1. The van der Waals surface area contributed by atoms with E-state index in [9.17, 15) is 4.79 Å². The van der Waals surface area contributed by atoms with Crippen LogP contribution in [-0.4, -0.2) is 55.6 Å². The van der Waals surface area contributed by atoms with E-state index in [1.807, 2.05) is 59.6 Å². The number of nitrogens with one attached hydrogen (secondary N) is 1. The highest BCUT2D eigenvalue weighted by Gasteiger charge is 2.15. The van der Waals surface area contributed by atoms with E-state index in [0.717, 1.165) is 37.5 Å². The number of nitrogens with zero attached hydrogens (tertiary/aromatic N) is 2. The van der Waals surface area contributed by atoms with Gasteiger partial charge in [-0.15, -0.1) is 0 Å². The zero-order valence-corrected chi connectivity index (χ0v) is 15.1. The van der Waals surface area contributed by atoms with Crippen molar-refractivity contribution in [2.24, 2.45) is 0 Å². The molecule has 1 aliphatic rings. The summed E-state index contributed by atoms with van der Waals surface area (Å²) in [5.41, 5.74) is 4.00. The van der Waals surface area contributed by atoms with Gasteiger partial charge in [0.05, 0.1) is 0 Å². The van der Waals surface area contributed by atoms with Gasteiger partial charge in [0.1, 0.15) is 18.1 Å². The summed E-state index contributed by atoms with van der Waals surface area (Å²) < 4.78 is 11.3. The molecule has 26 heavy (non-hydrogen) atoms. The molecule has 6 nitrogen and oxygen atoms in total. The number of ether oxygens (including phenoxy) is 2. The first-order valence-corrected chi connectivity index (χ1v) is 8.81. The molecule has 0 aromatic heterocycles. The van der Waals surface area contributed by atoms with Gasteiger partial charge in [0.25, 0.3) is 5.91 Å². The second kappa shape index (κ2) is 9.22. The van der Waals surface area contributed by atoms with Crippen LogP contribution in [0.2, 0.25) is 0 Å². The Morgan fingerprint density at radius 1 is 0.923 bits per heavy atom. The van der Waals surface area contributed by atoms with Crippen LogP contribution in [0.1, 0.15) is 5.56 Å². The first-order valence-electron chi connectivity index (χ1n) is 8.81. The van der Waals surface area contributed by atoms with E-state index < -0.39 is 0 Å². The Balaban J connectivity index is 1.39. The molecular formula is C20H25N3O3. The van der Waals surface area contributed by atoms with Crippen LogP contribution >= 0.6 is 0 Å². The van der Waals surface area contributed by atoms with Crippen LogP contribution in [0, 0.1) is 0 Å². The molecule has 0 atom stereocenters. The molecule has 1 aliphatic heterocycles. The van der Waals surface area contributed by atoms with E-state index >= 15 is 0 Å². The maximum Gasteiger partial charge on any atom is 0.272 e. The first-order chi connectivity index (χ1) is 12.7. The summed E-state index contributed by atoms with van der Waals surface area (Å²) in [6.45, 7) is 4.08. The number of carbonyl (C=O) groups is 1. The summed E-state index contributed by atoms with van der Waals surface area (Å²) in [5.74, 6) is 1.27. The van der Waals surface area contributed by atoms with E-state index in [1.54, 1.807) is 0 Å². The number of carbonyl (C=O) groups excluding carboxylic acids is 1. The van der Waals surface area contributed by atoms with E-state index in [4.69, 9.17) is 9.47 Å². The molecule has 2 aromatic carbocycles. The van der Waals surface area contributed by atoms with Crippen molar-refractivity contribution in [1.29, 1.82) is 0 Å². The first kappa shape index (κ1) is 18.2. The molecule has 1 amide bonds. The highest BCUT2D eigenvalue weighted by Crippen LogP contribution is 2.18. The minimum Gasteiger partial charge on any atom is -0.489 e. The number of rotatable bonds is 7. The van der Waals surface area contributed by atoms with Crippen LogP contribution in [0.3, 0.4) is 0 Å².